The molecule has 0 aromatic rings. The van der Waals surface area contributed by atoms with Crippen LogP contribution in [-0.2, 0) is 65.4 Å². The Kier molecular flexibility index (Phi) is 62.2. The van der Waals surface area contributed by atoms with Crippen LogP contribution >= 0.6 is 15.6 Å². The van der Waals surface area contributed by atoms with Crippen molar-refractivity contribution in [2.75, 3.05) is 39.6 Å². The lowest BCUT2D eigenvalue weighted by Gasteiger charge is -2.21. The number of esters is 4. The fourth-order valence-corrected chi connectivity index (χ4v) is 12.7. The molecule has 0 aromatic heterocycles. The normalized spacial score (nSPS) is 14.8. The number of phosphoric ester groups is 2. The Hall–Kier alpha value is -1.94. The molecule has 0 radical (unpaired) electrons. The molecule has 0 heterocycles. The Morgan fingerprint density at radius 3 is 0.763 bits per heavy atom. The van der Waals surface area contributed by atoms with Crippen LogP contribution in [0.1, 0.15) is 370 Å². The van der Waals surface area contributed by atoms with E-state index in [0.29, 0.717) is 31.6 Å². The van der Waals surface area contributed by atoms with Crippen molar-refractivity contribution in [1.29, 1.82) is 0 Å². The van der Waals surface area contributed by atoms with Crippen molar-refractivity contribution >= 4 is 39.5 Å². The van der Waals surface area contributed by atoms with E-state index in [4.69, 9.17) is 37.0 Å². The van der Waals surface area contributed by atoms with Crippen molar-refractivity contribution < 1.29 is 80.2 Å². The minimum absolute atomic E-state index is 0.103. The third-order valence-electron chi connectivity index (χ3n) is 17.8. The number of ether oxygens (including phenoxy) is 4. The van der Waals surface area contributed by atoms with Gasteiger partial charge in [-0.15, -0.1) is 0 Å². The average molecular weight is 1370 g/mol. The van der Waals surface area contributed by atoms with E-state index in [2.05, 4.69) is 55.4 Å². The zero-order valence-corrected chi connectivity index (χ0v) is 62.7. The molecule has 0 bridgehead atoms. The van der Waals surface area contributed by atoms with Crippen LogP contribution in [0.15, 0.2) is 0 Å². The average Bonchev–Trinajstić information content (AvgIpc) is 2.10. The van der Waals surface area contributed by atoms with Gasteiger partial charge in [-0.3, -0.25) is 37.3 Å². The molecule has 0 aliphatic heterocycles. The molecule has 0 rings (SSSR count). The number of aliphatic hydroxyl groups is 1. The van der Waals surface area contributed by atoms with E-state index < -0.39 is 97.5 Å². The number of aliphatic hydroxyl groups excluding tert-OH is 1. The van der Waals surface area contributed by atoms with E-state index in [0.717, 1.165) is 114 Å². The van der Waals surface area contributed by atoms with E-state index >= 15 is 0 Å². The molecule has 17 nitrogen and oxygen atoms in total. The monoisotopic (exact) mass is 1370 g/mol. The number of rotatable bonds is 71. The molecular weight excluding hydrogens is 1220 g/mol. The van der Waals surface area contributed by atoms with Crippen molar-refractivity contribution in [3.8, 4) is 0 Å². The lowest BCUT2D eigenvalue weighted by molar-refractivity contribution is -0.161. The Labute approximate surface area is 568 Å². The van der Waals surface area contributed by atoms with Gasteiger partial charge < -0.3 is 33.8 Å². The van der Waals surface area contributed by atoms with Crippen LogP contribution in [0.4, 0.5) is 0 Å². The van der Waals surface area contributed by atoms with E-state index in [1.807, 2.05) is 0 Å². The summed E-state index contributed by atoms with van der Waals surface area (Å²) in [7, 11) is -9.90. The van der Waals surface area contributed by atoms with Crippen molar-refractivity contribution in [1.82, 2.24) is 0 Å². The summed E-state index contributed by atoms with van der Waals surface area (Å²) in [6, 6.07) is 0. The van der Waals surface area contributed by atoms with Gasteiger partial charge in [0.1, 0.15) is 19.3 Å². The van der Waals surface area contributed by atoms with E-state index in [9.17, 15) is 43.2 Å². The minimum atomic E-state index is -4.95. The Morgan fingerprint density at radius 1 is 0.301 bits per heavy atom. The van der Waals surface area contributed by atoms with Crippen LogP contribution in [0.5, 0.6) is 0 Å². The lowest BCUT2D eigenvalue weighted by atomic mass is 9.99. The first kappa shape index (κ1) is 91.1. The number of carbonyl (C=O) groups is 4. The van der Waals surface area contributed by atoms with Crippen LogP contribution in [0.2, 0.25) is 0 Å². The summed E-state index contributed by atoms with van der Waals surface area (Å²) < 4.78 is 68.3. The highest BCUT2D eigenvalue weighted by Gasteiger charge is 2.30. The number of carbonyl (C=O) groups excluding carboxylic acids is 4. The topological polar surface area (TPSA) is 237 Å². The number of unbranched alkanes of at least 4 members (excludes halogenated alkanes) is 35. The summed E-state index contributed by atoms with van der Waals surface area (Å²) in [4.78, 5) is 72.6. The van der Waals surface area contributed by atoms with Gasteiger partial charge in [0.2, 0.25) is 0 Å². The van der Waals surface area contributed by atoms with Crippen LogP contribution < -0.4 is 0 Å². The van der Waals surface area contributed by atoms with Gasteiger partial charge in [-0.1, -0.05) is 319 Å². The molecule has 0 aliphatic rings. The first-order chi connectivity index (χ1) is 44.7. The molecule has 7 atom stereocenters. The lowest BCUT2D eigenvalue weighted by Crippen LogP contribution is -2.30. The van der Waals surface area contributed by atoms with Crippen molar-refractivity contribution in [2.24, 2.45) is 23.7 Å². The molecule has 0 amide bonds. The standard InChI is InChI=1S/C74H144O17P2/c1-9-66(7)52-44-36-28-21-19-17-15-13-11-12-14-16-18-20-22-29-38-46-54-71(76)84-60-69(91-74(79)57-49-41-31-25-27-35-43-51-65(5)6)62-88-92(80,81)86-58-68(75)59-87-93(82,83)89-63-70(61-85-72(77)55-47-39-33-32-37-45-53-67(8)10-2)90-73(78)56-48-40-30-24-23-26-34-42-50-64(3)4/h64-70,75H,9-63H2,1-8H3,(H,80,81)(H,82,83)/t66?,67?,68-,69-,70-/m1/s1. The second-order valence-electron chi connectivity index (χ2n) is 28.1. The molecule has 0 aromatic carbocycles. The van der Waals surface area contributed by atoms with Crippen LogP contribution in [0.3, 0.4) is 0 Å². The molecule has 0 saturated carbocycles. The van der Waals surface area contributed by atoms with Gasteiger partial charge in [0, 0.05) is 25.7 Å². The van der Waals surface area contributed by atoms with Crippen LogP contribution in [0, 0.1) is 23.7 Å². The van der Waals surface area contributed by atoms with Gasteiger partial charge in [-0.25, -0.2) is 9.13 Å². The zero-order chi connectivity index (χ0) is 68.9. The first-order valence-electron chi connectivity index (χ1n) is 38.3. The molecule has 0 spiro atoms. The van der Waals surface area contributed by atoms with Crippen molar-refractivity contribution in [3.05, 3.63) is 0 Å². The molecule has 0 aliphatic carbocycles. The molecule has 0 fully saturated rings. The number of phosphoric acid groups is 2. The van der Waals surface area contributed by atoms with Crippen LogP contribution in [-0.4, -0.2) is 96.7 Å². The molecule has 3 N–H and O–H groups in total. The molecule has 19 heteroatoms. The largest absolute Gasteiger partial charge is 0.472 e. The van der Waals surface area contributed by atoms with Gasteiger partial charge >= 0.3 is 39.5 Å². The fraction of sp³-hybridized carbons (Fsp3) is 0.946. The number of hydrogen-bond acceptors (Lipinski definition) is 15. The quantitative estimate of drug-likeness (QED) is 0.0222. The van der Waals surface area contributed by atoms with Crippen molar-refractivity contribution in [3.63, 3.8) is 0 Å². The highest BCUT2D eigenvalue weighted by Crippen LogP contribution is 2.45. The predicted molar refractivity (Wildman–Crippen MR) is 377 cm³/mol. The summed E-state index contributed by atoms with van der Waals surface area (Å²) in [5.74, 6) is 0.888. The predicted octanol–water partition coefficient (Wildman–Crippen LogP) is 21.3. The molecule has 0 saturated heterocycles. The van der Waals surface area contributed by atoms with Gasteiger partial charge in [-0.2, -0.15) is 0 Å². The Morgan fingerprint density at radius 2 is 0.516 bits per heavy atom. The van der Waals surface area contributed by atoms with Gasteiger partial charge in [0.15, 0.2) is 12.2 Å². The third kappa shape index (κ3) is 65.8. The second-order valence-corrected chi connectivity index (χ2v) is 31.0. The molecule has 552 valence electrons. The molecule has 4 unspecified atom stereocenters. The molecular formula is C74H144O17P2. The summed E-state index contributed by atoms with van der Waals surface area (Å²) in [6.45, 7) is 14.1. The van der Waals surface area contributed by atoms with Gasteiger partial charge in [0.05, 0.1) is 26.4 Å². The summed E-state index contributed by atoms with van der Waals surface area (Å²) in [5.41, 5.74) is 0. The highest BCUT2D eigenvalue weighted by molar-refractivity contribution is 7.47. The smallest absolute Gasteiger partial charge is 0.462 e. The van der Waals surface area contributed by atoms with Gasteiger partial charge in [-0.05, 0) is 49.4 Å². The van der Waals surface area contributed by atoms with Crippen molar-refractivity contribution in [2.45, 2.75) is 388 Å². The fourth-order valence-electron chi connectivity index (χ4n) is 11.1. The zero-order valence-electron chi connectivity index (χ0n) is 60.9. The first-order valence-corrected chi connectivity index (χ1v) is 41.3. The Bertz CT molecular complexity index is 1840. The highest BCUT2D eigenvalue weighted by atomic mass is 31.2. The maximum Gasteiger partial charge on any atom is 0.472 e. The SMILES string of the molecule is CCC(C)CCCCCCCCCCCCCCCCCCCCC(=O)OC[C@H](COP(=O)(O)OC[C@@H](O)COP(=O)(O)OC[C@@H](COC(=O)CCCCCCCCC(C)CC)OC(=O)CCCCCCCCCCC(C)C)OC(=O)CCCCCCCCCC(C)C. The maximum atomic E-state index is 13.0. The number of hydrogen-bond donors (Lipinski definition) is 3. The van der Waals surface area contributed by atoms with Crippen LogP contribution in [0.25, 0.3) is 0 Å². The van der Waals surface area contributed by atoms with Gasteiger partial charge in [0.25, 0.3) is 0 Å². The van der Waals surface area contributed by atoms with E-state index in [1.54, 1.807) is 0 Å². The summed E-state index contributed by atoms with van der Waals surface area (Å²) in [5, 5.41) is 10.6. The maximum absolute atomic E-state index is 13.0. The summed E-state index contributed by atoms with van der Waals surface area (Å²) >= 11 is 0. The summed E-state index contributed by atoms with van der Waals surface area (Å²) in [6.07, 6.45) is 47.6. The van der Waals surface area contributed by atoms with E-state index in [1.165, 1.54) is 167 Å². The van der Waals surface area contributed by atoms with E-state index in [-0.39, 0.29) is 25.7 Å². The minimum Gasteiger partial charge on any atom is -0.462 e. The Balaban J connectivity index is 5.12. The second kappa shape index (κ2) is 63.5. The third-order valence-corrected chi connectivity index (χ3v) is 19.7. The molecule has 93 heavy (non-hydrogen) atoms.